The van der Waals surface area contributed by atoms with E-state index in [4.69, 9.17) is 16.3 Å². The summed E-state index contributed by atoms with van der Waals surface area (Å²) < 4.78 is 5.38. The first-order chi connectivity index (χ1) is 10.0. The Morgan fingerprint density at radius 3 is 2.38 bits per heavy atom. The predicted octanol–water partition coefficient (Wildman–Crippen LogP) is 3.41. The molecule has 2 rings (SSSR count). The zero-order valence-electron chi connectivity index (χ0n) is 11.5. The molecule has 0 aliphatic heterocycles. The van der Waals surface area contributed by atoms with Crippen LogP contribution in [-0.2, 0) is 4.79 Å². The van der Waals surface area contributed by atoms with Crippen molar-refractivity contribution in [1.29, 1.82) is 0 Å². The highest BCUT2D eigenvalue weighted by molar-refractivity contribution is 6.30. The van der Waals surface area contributed by atoms with Crippen molar-refractivity contribution in [3.05, 3.63) is 59.1 Å². The number of halogens is 1. The van der Waals surface area contributed by atoms with E-state index in [9.17, 15) is 9.90 Å². The number of carbonyl (C=O) groups excluding carboxylic acids is 1. The summed E-state index contributed by atoms with van der Waals surface area (Å²) in [6, 6.07) is 13.8. The molecule has 0 unspecified atom stereocenters. The summed E-state index contributed by atoms with van der Waals surface area (Å²) in [5.74, 6) is 0.322. The minimum Gasteiger partial charge on any atom is -0.484 e. The van der Waals surface area contributed by atoms with Crippen LogP contribution >= 0.6 is 11.6 Å². The summed E-state index contributed by atoms with van der Waals surface area (Å²) in [7, 11) is 0. The van der Waals surface area contributed by atoms with Crippen LogP contribution in [0.15, 0.2) is 48.5 Å². The molecule has 0 aromatic heterocycles. The van der Waals surface area contributed by atoms with E-state index in [1.54, 1.807) is 55.5 Å². The highest BCUT2D eigenvalue weighted by Gasteiger charge is 2.05. The zero-order chi connectivity index (χ0) is 15.2. The van der Waals surface area contributed by atoms with Gasteiger partial charge in [0.05, 0.1) is 6.10 Å². The topological polar surface area (TPSA) is 58.6 Å². The SMILES string of the molecule is C[C@H](O)c1ccc(OCC(=O)Nc2ccc(Cl)cc2)cc1. The number of ether oxygens (including phenoxy) is 1. The van der Waals surface area contributed by atoms with Gasteiger partial charge >= 0.3 is 0 Å². The molecule has 21 heavy (non-hydrogen) atoms. The Labute approximate surface area is 128 Å². The van der Waals surface area contributed by atoms with Crippen LogP contribution in [0, 0.1) is 0 Å². The molecule has 0 saturated heterocycles. The quantitative estimate of drug-likeness (QED) is 0.890. The molecule has 5 heteroatoms. The number of amides is 1. The van der Waals surface area contributed by atoms with E-state index < -0.39 is 6.10 Å². The van der Waals surface area contributed by atoms with Crippen molar-refractivity contribution in [3.63, 3.8) is 0 Å². The lowest BCUT2D eigenvalue weighted by Crippen LogP contribution is -2.20. The summed E-state index contributed by atoms with van der Waals surface area (Å²) in [5.41, 5.74) is 1.46. The highest BCUT2D eigenvalue weighted by atomic mass is 35.5. The summed E-state index contributed by atoms with van der Waals surface area (Å²) in [4.78, 5) is 11.7. The average Bonchev–Trinajstić information content (AvgIpc) is 2.48. The Balaban J connectivity index is 1.84. The summed E-state index contributed by atoms with van der Waals surface area (Å²) in [6.07, 6.45) is -0.521. The Morgan fingerprint density at radius 2 is 1.81 bits per heavy atom. The second-order valence-electron chi connectivity index (χ2n) is 4.59. The Bertz CT molecular complexity index is 594. The largest absolute Gasteiger partial charge is 0.484 e. The molecule has 0 bridgehead atoms. The standard InChI is InChI=1S/C16H16ClNO3/c1-11(19)12-2-8-15(9-3-12)21-10-16(20)18-14-6-4-13(17)5-7-14/h2-9,11,19H,10H2,1H3,(H,18,20)/t11-/m0/s1. The van der Waals surface area contributed by atoms with Crippen LogP contribution in [-0.4, -0.2) is 17.6 Å². The van der Waals surface area contributed by atoms with E-state index in [2.05, 4.69) is 5.32 Å². The number of anilines is 1. The normalized spacial score (nSPS) is 11.8. The number of aliphatic hydroxyl groups excluding tert-OH is 1. The number of carbonyl (C=O) groups is 1. The van der Waals surface area contributed by atoms with Crippen molar-refractivity contribution in [2.45, 2.75) is 13.0 Å². The predicted molar refractivity (Wildman–Crippen MR) is 82.7 cm³/mol. The molecular formula is C16H16ClNO3. The molecule has 4 nitrogen and oxygen atoms in total. The van der Waals surface area contributed by atoms with Gasteiger partial charge in [-0.25, -0.2) is 0 Å². The van der Waals surface area contributed by atoms with Crippen LogP contribution in [0.2, 0.25) is 5.02 Å². The number of aliphatic hydroxyl groups is 1. The van der Waals surface area contributed by atoms with Gasteiger partial charge in [0.25, 0.3) is 5.91 Å². The van der Waals surface area contributed by atoms with E-state index in [1.165, 1.54) is 0 Å². The van der Waals surface area contributed by atoms with E-state index in [-0.39, 0.29) is 12.5 Å². The maximum absolute atomic E-state index is 11.7. The van der Waals surface area contributed by atoms with Gasteiger partial charge < -0.3 is 15.2 Å². The highest BCUT2D eigenvalue weighted by Crippen LogP contribution is 2.17. The molecule has 0 saturated carbocycles. The molecule has 2 aromatic rings. The van der Waals surface area contributed by atoms with Crippen molar-refractivity contribution >= 4 is 23.2 Å². The average molecular weight is 306 g/mol. The molecule has 1 amide bonds. The molecule has 2 aromatic carbocycles. The third-order valence-electron chi connectivity index (χ3n) is 2.86. The van der Waals surface area contributed by atoms with Gasteiger partial charge in [-0.05, 0) is 48.9 Å². The number of hydrogen-bond acceptors (Lipinski definition) is 3. The van der Waals surface area contributed by atoms with Crippen LogP contribution in [0.5, 0.6) is 5.75 Å². The summed E-state index contributed by atoms with van der Waals surface area (Å²) in [5, 5.41) is 12.7. The van der Waals surface area contributed by atoms with Crippen LogP contribution in [0.3, 0.4) is 0 Å². The number of benzene rings is 2. The monoisotopic (exact) mass is 305 g/mol. The Hall–Kier alpha value is -2.04. The molecule has 0 heterocycles. The number of rotatable bonds is 5. The zero-order valence-corrected chi connectivity index (χ0v) is 12.3. The fourth-order valence-electron chi connectivity index (χ4n) is 1.72. The molecule has 0 aliphatic carbocycles. The van der Waals surface area contributed by atoms with Crippen LogP contribution < -0.4 is 10.1 Å². The molecule has 0 aliphatic rings. The van der Waals surface area contributed by atoms with E-state index in [1.807, 2.05) is 0 Å². The minimum atomic E-state index is -0.521. The van der Waals surface area contributed by atoms with Crippen molar-refractivity contribution < 1.29 is 14.6 Å². The van der Waals surface area contributed by atoms with Gasteiger partial charge in [0.2, 0.25) is 0 Å². The molecule has 110 valence electrons. The molecule has 2 N–H and O–H groups in total. The van der Waals surface area contributed by atoms with Crippen molar-refractivity contribution in [2.24, 2.45) is 0 Å². The van der Waals surface area contributed by atoms with Crippen LogP contribution in [0.25, 0.3) is 0 Å². The third kappa shape index (κ3) is 4.77. The third-order valence-corrected chi connectivity index (χ3v) is 3.11. The van der Waals surface area contributed by atoms with Gasteiger partial charge in [0.15, 0.2) is 6.61 Å². The fourth-order valence-corrected chi connectivity index (χ4v) is 1.85. The van der Waals surface area contributed by atoms with Crippen LogP contribution in [0.1, 0.15) is 18.6 Å². The van der Waals surface area contributed by atoms with Crippen molar-refractivity contribution in [2.75, 3.05) is 11.9 Å². The maximum Gasteiger partial charge on any atom is 0.262 e. The molecule has 0 spiro atoms. The van der Waals surface area contributed by atoms with E-state index in [0.29, 0.717) is 16.5 Å². The second-order valence-corrected chi connectivity index (χ2v) is 5.03. The van der Waals surface area contributed by atoms with Crippen molar-refractivity contribution in [1.82, 2.24) is 0 Å². The van der Waals surface area contributed by atoms with Crippen molar-refractivity contribution in [3.8, 4) is 5.75 Å². The Morgan fingerprint density at radius 1 is 1.19 bits per heavy atom. The lowest BCUT2D eigenvalue weighted by molar-refractivity contribution is -0.118. The van der Waals surface area contributed by atoms with Gasteiger partial charge in [-0.15, -0.1) is 0 Å². The summed E-state index contributed by atoms with van der Waals surface area (Å²) in [6.45, 7) is 1.60. The first-order valence-corrected chi connectivity index (χ1v) is 6.88. The smallest absolute Gasteiger partial charge is 0.262 e. The second kappa shape index (κ2) is 7.11. The van der Waals surface area contributed by atoms with Crippen LogP contribution in [0.4, 0.5) is 5.69 Å². The fraction of sp³-hybridized carbons (Fsp3) is 0.188. The van der Waals surface area contributed by atoms with Gasteiger partial charge in [-0.2, -0.15) is 0 Å². The molecule has 1 atom stereocenters. The van der Waals surface area contributed by atoms with Gasteiger partial charge in [0, 0.05) is 10.7 Å². The maximum atomic E-state index is 11.7. The lowest BCUT2D eigenvalue weighted by atomic mass is 10.1. The Kier molecular flexibility index (Phi) is 5.20. The first-order valence-electron chi connectivity index (χ1n) is 6.51. The minimum absolute atomic E-state index is 0.0867. The molecule has 0 fully saturated rings. The van der Waals surface area contributed by atoms with Gasteiger partial charge in [-0.1, -0.05) is 23.7 Å². The van der Waals surface area contributed by atoms with Gasteiger partial charge in [-0.3, -0.25) is 4.79 Å². The number of hydrogen-bond donors (Lipinski definition) is 2. The van der Waals surface area contributed by atoms with Gasteiger partial charge in [0.1, 0.15) is 5.75 Å². The first kappa shape index (κ1) is 15.4. The lowest BCUT2D eigenvalue weighted by Gasteiger charge is -2.09. The summed E-state index contributed by atoms with van der Waals surface area (Å²) >= 11 is 5.77. The van der Waals surface area contributed by atoms with E-state index >= 15 is 0 Å². The van der Waals surface area contributed by atoms with E-state index in [0.717, 1.165) is 5.56 Å². The molecular weight excluding hydrogens is 290 g/mol. The number of nitrogens with one attached hydrogen (secondary N) is 1. The molecule has 0 radical (unpaired) electrons.